The van der Waals surface area contributed by atoms with Crippen molar-refractivity contribution in [3.8, 4) is 0 Å². The third kappa shape index (κ3) is 4.01. The lowest BCUT2D eigenvalue weighted by Gasteiger charge is -2.21. The van der Waals surface area contributed by atoms with E-state index in [2.05, 4.69) is 10.6 Å². The maximum absolute atomic E-state index is 12.5. The van der Waals surface area contributed by atoms with Crippen LogP contribution in [0.25, 0.3) is 0 Å². The van der Waals surface area contributed by atoms with Gasteiger partial charge in [-0.3, -0.25) is 13.9 Å². The lowest BCUT2D eigenvalue weighted by atomic mass is 10.1. The fourth-order valence-corrected chi connectivity index (χ4v) is 4.76. The van der Waals surface area contributed by atoms with Gasteiger partial charge in [-0.2, -0.15) is 0 Å². The smallest absolute Gasteiger partial charge is 0.251 e. The molecule has 1 atom stereocenters. The summed E-state index contributed by atoms with van der Waals surface area (Å²) in [7, 11) is -1.79. The third-order valence-corrected chi connectivity index (χ3v) is 5.99. The largest absolute Gasteiger partial charge is 0.355 e. The number of carbonyl (C=O) groups excluding carboxylic acids is 2. The Labute approximate surface area is 164 Å². The summed E-state index contributed by atoms with van der Waals surface area (Å²) in [6, 6.07) is 11.9. The summed E-state index contributed by atoms with van der Waals surface area (Å²) >= 11 is 0. The van der Waals surface area contributed by atoms with Gasteiger partial charge in [0.25, 0.3) is 11.8 Å². The summed E-state index contributed by atoms with van der Waals surface area (Å²) in [5.74, 6) is -0.435. The predicted molar refractivity (Wildman–Crippen MR) is 108 cm³/mol. The number of hydrogen-bond acceptors (Lipinski definition) is 4. The van der Waals surface area contributed by atoms with Crippen LogP contribution in [0.15, 0.2) is 42.5 Å². The van der Waals surface area contributed by atoms with E-state index in [0.717, 1.165) is 11.1 Å². The second-order valence-corrected chi connectivity index (χ2v) is 8.78. The first-order chi connectivity index (χ1) is 13.2. The molecule has 2 N–H and O–H groups in total. The molecule has 148 valence electrons. The monoisotopic (exact) mass is 401 g/mol. The van der Waals surface area contributed by atoms with E-state index in [1.54, 1.807) is 43.4 Å². The zero-order chi connectivity index (χ0) is 20.5. The number of benzene rings is 2. The zero-order valence-corrected chi connectivity index (χ0v) is 16.8. The van der Waals surface area contributed by atoms with Crippen molar-refractivity contribution in [2.45, 2.75) is 25.9 Å². The highest BCUT2D eigenvalue weighted by atomic mass is 32.2. The van der Waals surface area contributed by atoms with E-state index in [1.165, 1.54) is 10.6 Å². The van der Waals surface area contributed by atoms with E-state index in [-0.39, 0.29) is 24.4 Å². The lowest BCUT2D eigenvalue weighted by molar-refractivity contribution is 0.0948. The van der Waals surface area contributed by atoms with Crippen molar-refractivity contribution in [1.82, 2.24) is 10.6 Å². The van der Waals surface area contributed by atoms with Crippen molar-refractivity contribution in [2.24, 2.45) is 0 Å². The predicted octanol–water partition coefficient (Wildman–Crippen LogP) is 1.69. The summed E-state index contributed by atoms with van der Waals surface area (Å²) in [4.78, 5) is 24.2. The van der Waals surface area contributed by atoms with Gasteiger partial charge in [0.1, 0.15) is 0 Å². The van der Waals surface area contributed by atoms with Gasteiger partial charge in [-0.1, -0.05) is 12.1 Å². The van der Waals surface area contributed by atoms with Crippen molar-refractivity contribution < 1.29 is 18.0 Å². The average molecular weight is 401 g/mol. The number of rotatable bonds is 5. The topological polar surface area (TPSA) is 95.6 Å². The molecule has 0 radical (unpaired) electrons. The lowest BCUT2D eigenvalue weighted by Crippen LogP contribution is -2.34. The number of fused-ring (bicyclic) bond motifs is 1. The molecule has 0 bridgehead atoms. The molecule has 0 aliphatic carbocycles. The second-order valence-electron chi connectivity index (χ2n) is 6.92. The highest BCUT2D eigenvalue weighted by Crippen LogP contribution is 2.34. The normalized spacial score (nSPS) is 15.8. The number of carbonyl (C=O) groups is 2. The van der Waals surface area contributed by atoms with Crippen LogP contribution in [0.5, 0.6) is 0 Å². The van der Waals surface area contributed by atoms with Crippen LogP contribution in [0.3, 0.4) is 0 Å². The van der Waals surface area contributed by atoms with Gasteiger partial charge in [0.05, 0.1) is 11.9 Å². The molecule has 7 nitrogen and oxygen atoms in total. The second kappa shape index (κ2) is 7.63. The zero-order valence-electron chi connectivity index (χ0n) is 16.0. The number of sulfonamides is 1. The van der Waals surface area contributed by atoms with Crippen molar-refractivity contribution >= 4 is 27.5 Å². The molecule has 1 aliphatic rings. The van der Waals surface area contributed by atoms with Crippen molar-refractivity contribution in [3.05, 3.63) is 64.7 Å². The van der Waals surface area contributed by atoms with Gasteiger partial charge in [0.15, 0.2) is 0 Å². The van der Waals surface area contributed by atoms with Gasteiger partial charge in [-0.25, -0.2) is 8.42 Å². The first-order valence-corrected chi connectivity index (χ1v) is 10.8. The molecule has 3 rings (SSSR count). The fraction of sp³-hybridized carbons (Fsp3) is 0.300. The summed E-state index contributed by atoms with van der Waals surface area (Å²) in [6.45, 7) is 2.13. The number of nitrogens with one attached hydrogen (secondary N) is 2. The summed E-state index contributed by atoms with van der Waals surface area (Å²) in [6.07, 6.45) is 1.75. The first kappa shape index (κ1) is 19.9. The highest BCUT2D eigenvalue weighted by molar-refractivity contribution is 7.92. The average Bonchev–Trinajstić information content (AvgIpc) is 3.00. The Morgan fingerprint density at radius 3 is 2.50 bits per heavy atom. The molecule has 0 aromatic heterocycles. The Morgan fingerprint density at radius 2 is 1.82 bits per heavy atom. The number of amides is 2. The molecule has 8 heteroatoms. The molecule has 28 heavy (non-hydrogen) atoms. The summed E-state index contributed by atoms with van der Waals surface area (Å²) in [5.41, 5.74) is 3.29. The maximum atomic E-state index is 12.5. The van der Waals surface area contributed by atoms with Gasteiger partial charge in [0, 0.05) is 30.8 Å². The van der Waals surface area contributed by atoms with Crippen LogP contribution in [0, 0.1) is 0 Å². The van der Waals surface area contributed by atoms with Crippen LogP contribution in [0.2, 0.25) is 0 Å². The molecular weight excluding hydrogens is 378 g/mol. The fourth-order valence-electron chi connectivity index (χ4n) is 3.50. The number of hydrogen-bond donors (Lipinski definition) is 2. The van der Waals surface area contributed by atoms with Gasteiger partial charge in [-0.05, 0) is 54.8 Å². The summed E-state index contributed by atoms with van der Waals surface area (Å²) < 4.78 is 25.4. The Hall–Kier alpha value is -2.87. The minimum absolute atomic E-state index is 0.171. The minimum atomic E-state index is -3.36. The van der Waals surface area contributed by atoms with Crippen molar-refractivity contribution in [2.75, 3.05) is 17.6 Å². The number of nitrogens with zero attached hydrogens (tertiary/aromatic N) is 1. The van der Waals surface area contributed by atoms with Crippen LogP contribution in [-0.4, -0.2) is 39.6 Å². The maximum Gasteiger partial charge on any atom is 0.251 e. The van der Waals surface area contributed by atoms with Crippen molar-refractivity contribution in [3.63, 3.8) is 0 Å². The van der Waals surface area contributed by atoms with E-state index >= 15 is 0 Å². The van der Waals surface area contributed by atoms with E-state index in [9.17, 15) is 18.0 Å². The molecule has 0 saturated carbocycles. The number of anilines is 1. The van der Waals surface area contributed by atoms with Gasteiger partial charge < -0.3 is 10.6 Å². The third-order valence-electron chi connectivity index (χ3n) is 4.72. The molecule has 2 amide bonds. The molecule has 1 unspecified atom stereocenters. The molecule has 0 saturated heterocycles. The van der Waals surface area contributed by atoms with Crippen molar-refractivity contribution in [1.29, 1.82) is 0 Å². The molecule has 2 aromatic rings. The van der Waals surface area contributed by atoms with Gasteiger partial charge >= 0.3 is 0 Å². The van der Waals surface area contributed by atoms with E-state index in [4.69, 9.17) is 0 Å². The van der Waals surface area contributed by atoms with Crippen LogP contribution in [-0.2, 0) is 23.0 Å². The van der Waals surface area contributed by atoms with Crippen LogP contribution >= 0.6 is 0 Å². The standard InChI is InChI=1S/C20H23N3O4S/c1-13-9-17-11-16(7-8-18(17)23(13)28(3,26)27)20(25)22-12-14-5-4-6-15(10-14)19(24)21-2/h4-8,10-11,13H,9,12H2,1-3H3,(H,21,24)(H,22,25). The molecule has 0 fully saturated rings. The Bertz CT molecular complexity index is 1030. The minimum Gasteiger partial charge on any atom is -0.355 e. The first-order valence-electron chi connectivity index (χ1n) is 8.92. The Morgan fingerprint density at radius 1 is 1.11 bits per heavy atom. The van der Waals surface area contributed by atoms with E-state index < -0.39 is 10.0 Å². The van der Waals surface area contributed by atoms with Crippen LogP contribution < -0.4 is 14.9 Å². The molecule has 2 aromatic carbocycles. The molecule has 1 aliphatic heterocycles. The van der Waals surface area contributed by atoms with Gasteiger partial charge in [0.2, 0.25) is 10.0 Å². The quantitative estimate of drug-likeness (QED) is 0.797. The highest BCUT2D eigenvalue weighted by Gasteiger charge is 2.32. The molecule has 1 heterocycles. The van der Waals surface area contributed by atoms with E-state index in [1.807, 2.05) is 13.0 Å². The SMILES string of the molecule is CNC(=O)c1cccc(CNC(=O)c2ccc3c(c2)CC(C)N3S(C)(=O)=O)c1. The summed E-state index contributed by atoms with van der Waals surface area (Å²) in [5, 5.41) is 5.41. The molecular formula is C20H23N3O4S. The van der Waals surface area contributed by atoms with Gasteiger partial charge in [-0.15, -0.1) is 0 Å². The Kier molecular flexibility index (Phi) is 5.42. The van der Waals surface area contributed by atoms with E-state index in [0.29, 0.717) is 23.2 Å². The Balaban J connectivity index is 1.73. The molecule has 0 spiro atoms. The van der Waals surface area contributed by atoms with Crippen LogP contribution in [0.1, 0.15) is 38.8 Å². The van der Waals surface area contributed by atoms with Crippen LogP contribution in [0.4, 0.5) is 5.69 Å².